The molecule has 0 bridgehead atoms. The molecule has 0 saturated heterocycles. The number of nitrogens with two attached hydrogens (primary N) is 1. The van der Waals surface area contributed by atoms with Gasteiger partial charge in [-0.1, -0.05) is 0 Å². The molecule has 0 fully saturated rings. The van der Waals surface area contributed by atoms with Gasteiger partial charge in [0.25, 0.3) is 0 Å². The molecule has 0 saturated carbocycles. The van der Waals surface area contributed by atoms with E-state index >= 15 is 0 Å². The number of rotatable bonds is 5. The Morgan fingerprint density at radius 1 is 1.67 bits per heavy atom. The van der Waals surface area contributed by atoms with Crippen LogP contribution in [0.15, 0.2) is 0 Å². The Balaban J connectivity index is 2.87. The average Bonchev–Trinajstić information content (AvgIpc) is 2.61. The fraction of sp³-hybridized carbons (Fsp3) is 0.556. The number of ether oxygens (including phenoxy) is 1. The molecule has 0 radical (unpaired) electrons. The van der Waals surface area contributed by atoms with E-state index in [-0.39, 0.29) is 0 Å². The lowest BCUT2D eigenvalue weighted by Gasteiger charge is -2.20. The van der Waals surface area contributed by atoms with Crippen molar-refractivity contribution in [1.82, 2.24) is 4.37 Å². The molecule has 5 nitrogen and oxygen atoms in total. The highest BCUT2D eigenvalue weighted by Gasteiger charge is 2.16. The summed E-state index contributed by atoms with van der Waals surface area (Å²) >= 11 is 1.26. The molecule has 0 spiro atoms. The molecule has 1 aromatic heterocycles. The third kappa shape index (κ3) is 2.58. The first-order valence-electron chi connectivity index (χ1n) is 4.63. The smallest absolute Gasteiger partial charge is 0.157 e. The quantitative estimate of drug-likeness (QED) is 0.812. The Morgan fingerprint density at radius 3 is 2.93 bits per heavy atom. The number of aromatic nitrogens is 1. The topological polar surface area (TPSA) is 75.2 Å². The van der Waals surface area contributed by atoms with Crippen LogP contribution in [0.4, 0.5) is 10.8 Å². The van der Waals surface area contributed by atoms with Crippen molar-refractivity contribution in [3.05, 3.63) is 5.56 Å². The standard InChI is InChI=1S/C9H14N4OS/c1-3-13(4-5-14-2)9-7(6-10)8(11)12-15-9/h3-5H2,1-2H3,(H2,11,12). The largest absolute Gasteiger partial charge is 0.383 e. The third-order valence-corrected chi connectivity index (χ3v) is 2.97. The zero-order valence-electron chi connectivity index (χ0n) is 8.86. The number of nitriles is 1. The Hall–Kier alpha value is -1.32. The highest BCUT2D eigenvalue weighted by molar-refractivity contribution is 7.10. The zero-order valence-corrected chi connectivity index (χ0v) is 9.67. The molecule has 0 aliphatic heterocycles. The van der Waals surface area contributed by atoms with E-state index in [1.165, 1.54) is 11.5 Å². The van der Waals surface area contributed by atoms with E-state index in [0.717, 1.165) is 18.1 Å². The van der Waals surface area contributed by atoms with Crippen molar-refractivity contribution in [1.29, 1.82) is 5.26 Å². The lowest BCUT2D eigenvalue weighted by Crippen LogP contribution is -2.26. The fourth-order valence-corrected chi connectivity index (χ4v) is 2.07. The van der Waals surface area contributed by atoms with Gasteiger partial charge < -0.3 is 15.4 Å². The van der Waals surface area contributed by atoms with Gasteiger partial charge in [0.1, 0.15) is 16.6 Å². The van der Waals surface area contributed by atoms with Crippen LogP contribution in [0.3, 0.4) is 0 Å². The van der Waals surface area contributed by atoms with E-state index in [2.05, 4.69) is 10.4 Å². The van der Waals surface area contributed by atoms with Crippen LogP contribution in [-0.4, -0.2) is 31.2 Å². The number of hydrogen-bond donors (Lipinski definition) is 1. The third-order valence-electron chi connectivity index (χ3n) is 2.05. The summed E-state index contributed by atoms with van der Waals surface area (Å²) < 4.78 is 8.98. The van der Waals surface area contributed by atoms with Crippen LogP contribution in [0.25, 0.3) is 0 Å². The maximum atomic E-state index is 8.94. The van der Waals surface area contributed by atoms with E-state index in [4.69, 9.17) is 15.7 Å². The van der Waals surface area contributed by atoms with Crippen LogP contribution in [0, 0.1) is 11.3 Å². The number of nitrogen functional groups attached to an aromatic ring is 1. The maximum absolute atomic E-state index is 8.94. The molecule has 2 N–H and O–H groups in total. The van der Waals surface area contributed by atoms with Crippen molar-refractivity contribution < 1.29 is 4.74 Å². The molecule has 0 atom stereocenters. The summed E-state index contributed by atoms with van der Waals surface area (Å²) in [5, 5.41) is 9.77. The summed E-state index contributed by atoms with van der Waals surface area (Å²) in [5.41, 5.74) is 6.06. The zero-order chi connectivity index (χ0) is 11.3. The molecule has 15 heavy (non-hydrogen) atoms. The van der Waals surface area contributed by atoms with E-state index in [1.807, 2.05) is 11.8 Å². The monoisotopic (exact) mass is 226 g/mol. The lowest BCUT2D eigenvalue weighted by atomic mass is 10.3. The van der Waals surface area contributed by atoms with Gasteiger partial charge in [0, 0.05) is 20.2 Å². The van der Waals surface area contributed by atoms with E-state index in [9.17, 15) is 0 Å². The van der Waals surface area contributed by atoms with Crippen LogP contribution in [0.2, 0.25) is 0 Å². The minimum Gasteiger partial charge on any atom is -0.383 e. The molecule has 0 aliphatic carbocycles. The van der Waals surface area contributed by atoms with Crippen LogP contribution in [0.1, 0.15) is 12.5 Å². The molecule has 0 amide bonds. The minimum atomic E-state index is 0.313. The first kappa shape index (κ1) is 11.8. The van der Waals surface area contributed by atoms with Crippen molar-refractivity contribution >= 4 is 22.4 Å². The second kappa shape index (κ2) is 5.53. The molecule has 82 valence electrons. The van der Waals surface area contributed by atoms with Crippen LogP contribution in [-0.2, 0) is 4.74 Å². The fourth-order valence-electron chi connectivity index (χ4n) is 1.22. The molecule has 0 aromatic carbocycles. The van der Waals surface area contributed by atoms with Crippen molar-refractivity contribution in [3.8, 4) is 6.07 Å². The Morgan fingerprint density at radius 2 is 2.40 bits per heavy atom. The van der Waals surface area contributed by atoms with Crippen LogP contribution >= 0.6 is 11.5 Å². The summed E-state index contributed by atoms with van der Waals surface area (Å²) in [5.74, 6) is 0.313. The summed E-state index contributed by atoms with van der Waals surface area (Å²) in [6, 6.07) is 2.08. The van der Waals surface area contributed by atoms with Crippen molar-refractivity contribution in [3.63, 3.8) is 0 Å². The van der Waals surface area contributed by atoms with Gasteiger partial charge in [-0.3, -0.25) is 0 Å². The number of nitrogens with zero attached hydrogens (tertiary/aromatic N) is 3. The van der Waals surface area contributed by atoms with Crippen LogP contribution in [0.5, 0.6) is 0 Å². The van der Waals surface area contributed by atoms with Gasteiger partial charge in [-0.25, -0.2) is 0 Å². The first-order chi connectivity index (χ1) is 7.24. The van der Waals surface area contributed by atoms with Gasteiger partial charge in [-0.15, -0.1) is 0 Å². The van der Waals surface area contributed by atoms with Gasteiger partial charge in [0.15, 0.2) is 5.82 Å². The van der Waals surface area contributed by atoms with E-state index in [1.54, 1.807) is 7.11 Å². The number of hydrogen-bond acceptors (Lipinski definition) is 6. The lowest BCUT2D eigenvalue weighted by molar-refractivity contribution is 0.205. The molecule has 0 unspecified atom stereocenters. The SMILES string of the molecule is CCN(CCOC)c1snc(N)c1C#N. The summed E-state index contributed by atoms with van der Waals surface area (Å²) in [4.78, 5) is 2.04. The van der Waals surface area contributed by atoms with Crippen molar-refractivity contribution in [2.75, 3.05) is 37.4 Å². The molecule has 1 aromatic rings. The Labute approximate surface area is 93.2 Å². The molecular formula is C9H14N4OS. The van der Waals surface area contributed by atoms with Gasteiger partial charge in [-0.05, 0) is 18.5 Å². The molecule has 6 heteroatoms. The van der Waals surface area contributed by atoms with Crippen molar-refractivity contribution in [2.45, 2.75) is 6.92 Å². The molecular weight excluding hydrogens is 212 g/mol. The summed E-state index contributed by atoms with van der Waals surface area (Å²) in [6.45, 7) is 4.19. The average molecular weight is 226 g/mol. The number of methoxy groups -OCH3 is 1. The summed E-state index contributed by atoms with van der Waals surface area (Å²) in [7, 11) is 1.65. The number of anilines is 2. The van der Waals surface area contributed by atoms with Crippen LogP contribution < -0.4 is 10.6 Å². The second-order valence-electron chi connectivity index (χ2n) is 2.93. The van der Waals surface area contributed by atoms with E-state index < -0.39 is 0 Å². The van der Waals surface area contributed by atoms with Gasteiger partial charge in [0.05, 0.1) is 6.61 Å². The predicted molar refractivity (Wildman–Crippen MR) is 61.0 cm³/mol. The Bertz CT molecular complexity index is 357. The summed E-state index contributed by atoms with van der Waals surface area (Å²) in [6.07, 6.45) is 0. The van der Waals surface area contributed by atoms with Gasteiger partial charge >= 0.3 is 0 Å². The maximum Gasteiger partial charge on any atom is 0.157 e. The van der Waals surface area contributed by atoms with E-state index in [0.29, 0.717) is 18.0 Å². The van der Waals surface area contributed by atoms with Gasteiger partial charge in [-0.2, -0.15) is 9.64 Å². The highest BCUT2D eigenvalue weighted by atomic mass is 32.1. The second-order valence-corrected chi connectivity index (χ2v) is 3.68. The highest BCUT2D eigenvalue weighted by Crippen LogP contribution is 2.29. The number of likely N-dealkylation sites (N-methyl/N-ethyl adjacent to an activating group) is 1. The minimum absolute atomic E-state index is 0.313. The molecule has 1 heterocycles. The Kier molecular flexibility index (Phi) is 4.34. The normalized spacial score (nSPS) is 9.93. The molecule has 0 aliphatic rings. The molecule has 1 rings (SSSR count). The predicted octanol–water partition coefficient (Wildman–Crippen LogP) is 1.07. The first-order valence-corrected chi connectivity index (χ1v) is 5.41. The van der Waals surface area contributed by atoms with Gasteiger partial charge in [0.2, 0.25) is 0 Å². The van der Waals surface area contributed by atoms with Crippen molar-refractivity contribution in [2.24, 2.45) is 0 Å².